The summed E-state index contributed by atoms with van der Waals surface area (Å²) in [7, 11) is 0. The van der Waals surface area contributed by atoms with Crippen LogP contribution >= 0.6 is 0 Å². The fourth-order valence-electron chi connectivity index (χ4n) is 2.66. The molecule has 5 nitrogen and oxygen atoms in total. The molecule has 1 saturated carbocycles. The second-order valence-corrected chi connectivity index (χ2v) is 4.92. The van der Waals surface area contributed by atoms with Gasteiger partial charge in [-0.3, -0.25) is 0 Å². The van der Waals surface area contributed by atoms with E-state index in [9.17, 15) is 4.79 Å². The molecule has 16 heavy (non-hydrogen) atoms. The van der Waals surface area contributed by atoms with Crippen LogP contribution in [0.4, 0.5) is 6.01 Å². The fraction of sp³-hybridized carbons (Fsp3) is 0.727. The predicted octanol–water partition coefficient (Wildman–Crippen LogP) is 1.18. The first-order valence-electron chi connectivity index (χ1n) is 5.74. The number of aryl methyl sites for hydroxylation is 1. The van der Waals surface area contributed by atoms with E-state index in [4.69, 9.17) is 4.42 Å². The van der Waals surface area contributed by atoms with Crippen molar-refractivity contribution >= 4 is 12.3 Å². The zero-order chi connectivity index (χ0) is 11.2. The lowest BCUT2D eigenvalue weighted by Crippen LogP contribution is -2.42. The first-order valence-corrected chi connectivity index (χ1v) is 5.74. The molecule has 0 bridgehead atoms. The number of carbonyl (C=O) groups is 1. The number of nitrogens with zero attached hydrogens (tertiary/aromatic N) is 3. The van der Waals surface area contributed by atoms with Gasteiger partial charge in [-0.25, -0.2) is 0 Å². The van der Waals surface area contributed by atoms with Gasteiger partial charge in [-0.1, -0.05) is 5.10 Å². The summed E-state index contributed by atoms with van der Waals surface area (Å²) in [5.74, 6) is 0.824. The van der Waals surface area contributed by atoms with Crippen LogP contribution in [0.3, 0.4) is 0 Å². The van der Waals surface area contributed by atoms with Gasteiger partial charge in [0.1, 0.15) is 6.29 Å². The SMILES string of the molecule is Cc1nnc(N2CCC(C=O)C3(CC3)C2)o1. The number of piperidine rings is 1. The molecule has 5 heteroatoms. The van der Waals surface area contributed by atoms with Crippen LogP contribution in [0.15, 0.2) is 4.42 Å². The Bertz CT molecular complexity index is 411. The van der Waals surface area contributed by atoms with Crippen LogP contribution in [-0.4, -0.2) is 29.6 Å². The van der Waals surface area contributed by atoms with Gasteiger partial charge in [0, 0.05) is 25.9 Å². The van der Waals surface area contributed by atoms with E-state index in [0.717, 1.165) is 38.6 Å². The smallest absolute Gasteiger partial charge is 0.318 e. The third-order valence-electron chi connectivity index (χ3n) is 3.84. The molecule has 2 aliphatic rings. The van der Waals surface area contributed by atoms with Crippen molar-refractivity contribution in [1.82, 2.24) is 10.2 Å². The van der Waals surface area contributed by atoms with Gasteiger partial charge in [-0.15, -0.1) is 5.10 Å². The molecule has 0 radical (unpaired) electrons. The van der Waals surface area contributed by atoms with Crippen molar-refractivity contribution in [3.05, 3.63) is 5.89 Å². The quantitative estimate of drug-likeness (QED) is 0.702. The van der Waals surface area contributed by atoms with Crippen LogP contribution in [0.25, 0.3) is 0 Å². The van der Waals surface area contributed by atoms with Crippen molar-refractivity contribution in [2.45, 2.75) is 26.2 Å². The van der Waals surface area contributed by atoms with Crippen molar-refractivity contribution in [3.63, 3.8) is 0 Å². The van der Waals surface area contributed by atoms with E-state index in [1.807, 2.05) is 0 Å². The maximum atomic E-state index is 11.0. The van der Waals surface area contributed by atoms with Gasteiger partial charge in [-0.2, -0.15) is 0 Å². The summed E-state index contributed by atoms with van der Waals surface area (Å²) in [6.45, 7) is 3.52. The number of aldehydes is 1. The van der Waals surface area contributed by atoms with E-state index < -0.39 is 0 Å². The Morgan fingerprint density at radius 3 is 2.88 bits per heavy atom. The van der Waals surface area contributed by atoms with Crippen molar-refractivity contribution in [1.29, 1.82) is 0 Å². The Kier molecular flexibility index (Phi) is 2.02. The lowest BCUT2D eigenvalue weighted by atomic mass is 9.84. The van der Waals surface area contributed by atoms with E-state index in [2.05, 4.69) is 15.1 Å². The molecule has 1 aliphatic carbocycles. The topological polar surface area (TPSA) is 59.2 Å². The number of anilines is 1. The highest BCUT2D eigenvalue weighted by molar-refractivity contribution is 5.57. The molecule has 1 aromatic rings. The summed E-state index contributed by atoms with van der Waals surface area (Å²) in [6, 6.07) is 0.605. The normalized spacial score (nSPS) is 27.1. The van der Waals surface area contributed by atoms with E-state index >= 15 is 0 Å². The van der Waals surface area contributed by atoms with Crippen molar-refractivity contribution in [3.8, 4) is 0 Å². The monoisotopic (exact) mass is 221 g/mol. The Balaban J connectivity index is 1.78. The largest absolute Gasteiger partial charge is 0.408 e. The second-order valence-electron chi connectivity index (χ2n) is 4.92. The summed E-state index contributed by atoms with van der Waals surface area (Å²) < 4.78 is 5.43. The fourth-order valence-corrected chi connectivity index (χ4v) is 2.66. The van der Waals surface area contributed by atoms with Crippen LogP contribution in [0.5, 0.6) is 0 Å². The molecule has 1 aliphatic heterocycles. The van der Waals surface area contributed by atoms with Crippen molar-refractivity contribution in [2.75, 3.05) is 18.0 Å². The second kappa shape index (κ2) is 3.30. The molecule has 3 rings (SSSR count). The first-order chi connectivity index (χ1) is 7.73. The molecule has 0 N–H and O–H groups in total. The van der Waals surface area contributed by atoms with Gasteiger partial charge >= 0.3 is 6.01 Å². The minimum atomic E-state index is 0.211. The maximum absolute atomic E-state index is 11.0. The molecule has 2 fully saturated rings. The summed E-state index contributed by atoms with van der Waals surface area (Å²) in [6.07, 6.45) is 4.34. The van der Waals surface area contributed by atoms with E-state index in [-0.39, 0.29) is 11.3 Å². The van der Waals surface area contributed by atoms with Crippen LogP contribution in [-0.2, 0) is 4.79 Å². The molecule has 1 atom stereocenters. The summed E-state index contributed by atoms with van der Waals surface area (Å²) in [5, 5.41) is 7.88. The van der Waals surface area contributed by atoms with Crippen LogP contribution in [0, 0.1) is 18.3 Å². The Hall–Kier alpha value is -1.39. The number of rotatable bonds is 2. The van der Waals surface area contributed by atoms with Gasteiger partial charge in [0.25, 0.3) is 0 Å². The standard InChI is InChI=1S/C11H15N3O2/c1-8-12-13-10(16-8)14-5-2-9(6-15)11(7-14)3-4-11/h6,9H,2-5,7H2,1H3. The Labute approximate surface area is 93.8 Å². The molecule has 2 heterocycles. The molecule has 1 aromatic heterocycles. The average Bonchev–Trinajstić information content (AvgIpc) is 2.90. The third-order valence-corrected chi connectivity index (χ3v) is 3.84. The van der Waals surface area contributed by atoms with E-state index in [0.29, 0.717) is 11.9 Å². The van der Waals surface area contributed by atoms with E-state index in [1.165, 1.54) is 0 Å². The summed E-state index contributed by atoms with van der Waals surface area (Å²) in [5.41, 5.74) is 0.211. The molecule has 0 amide bonds. The summed E-state index contributed by atoms with van der Waals surface area (Å²) in [4.78, 5) is 13.1. The predicted molar refractivity (Wildman–Crippen MR) is 57.1 cm³/mol. The molecule has 0 aromatic carbocycles. The molecule has 1 unspecified atom stereocenters. The zero-order valence-corrected chi connectivity index (χ0v) is 9.35. The number of hydrogen-bond donors (Lipinski definition) is 0. The number of aromatic nitrogens is 2. The maximum Gasteiger partial charge on any atom is 0.318 e. The van der Waals surface area contributed by atoms with Gasteiger partial charge in [0.2, 0.25) is 5.89 Å². The van der Waals surface area contributed by atoms with E-state index in [1.54, 1.807) is 6.92 Å². The number of hydrogen-bond acceptors (Lipinski definition) is 5. The lowest BCUT2D eigenvalue weighted by molar-refractivity contribution is -0.113. The zero-order valence-electron chi connectivity index (χ0n) is 9.35. The van der Waals surface area contributed by atoms with Gasteiger partial charge in [-0.05, 0) is 24.7 Å². The lowest BCUT2D eigenvalue weighted by Gasteiger charge is -2.35. The third kappa shape index (κ3) is 1.42. The van der Waals surface area contributed by atoms with Crippen LogP contribution < -0.4 is 4.90 Å². The molecule has 1 saturated heterocycles. The minimum absolute atomic E-state index is 0.211. The summed E-state index contributed by atoms with van der Waals surface area (Å²) >= 11 is 0. The number of carbonyl (C=O) groups excluding carboxylic acids is 1. The highest BCUT2D eigenvalue weighted by Crippen LogP contribution is 2.55. The Morgan fingerprint density at radius 2 is 2.31 bits per heavy atom. The molecular weight excluding hydrogens is 206 g/mol. The van der Waals surface area contributed by atoms with Gasteiger partial charge in [0.05, 0.1) is 0 Å². The Morgan fingerprint density at radius 1 is 1.50 bits per heavy atom. The van der Waals surface area contributed by atoms with Crippen molar-refractivity contribution in [2.24, 2.45) is 11.3 Å². The van der Waals surface area contributed by atoms with Crippen LogP contribution in [0.1, 0.15) is 25.2 Å². The highest BCUT2D eigenvalue weighted by Gasteiger charge is 2.52. The van der Waals surface area contributed by atoms with Gasteiger partial charge in [0.15, 0.2) is 0 Å². The molecule has 1 spiro atoms. The van der Waals surface area contributed by atoms with Crippen molar-refractivity contribution < 1.29 is 9.21 Å². The van der Waals surface area contributed by atoms with Gasteiger partial charge < -0.3 is 14.1 Å². The minimum Gasteiger partial charge on any atom is -0.408 e. The molecule has 86 valence electrons. The highest BCUT2D eigenvalue weighted by atomic mass is 16.4. The molecular formula is C11H15N3O2. The average molecular weight is 221 g/mol. The first kappa shape index (κ1) is 9.81. The van der Waals surface area contributed by atoms with Crippen LogP contribution in [0.2, 0.25) is 0 Å².